The number of oxime groups is 3. The summed E-state index contributed by atoms with van der Waals surface area (Å²) >= 11 is 0. The summed E-state index contributed by atoms with van der Waals surface area (Å²) in [5, 5.41) is 13.4. The molecule has 3 saturated carbocycles. The summed E-state index contributed by atoms with van der Waals surface area (Å²) in [6, 6.07) is 0. The first-order chi connectivity index (χ1) is 18.8. The van der Waals surface area contributed by atoms with Crippen molar-refractivity contribution < 1.29 is 23.4 Å². The van der Waals surface area contributed by atoms with Gasteiger partial charge < -0.3 is 23.4 Å². The first-order valence-corrected chi connectivity index (χ1v) is 21.9. The van der Waals surface area contributed by atoms with Gasteiger partial charge in [-0.2, -0.15) is 0 Å². The molecule has 0 radical (unpaired) electrons. The molecule has 0 N–H and O–H groups in total. The second-order valence-electron chi connectivity index (χ2n) is 14.5. The Balaban J connectivity index is 1.80. The van der Waals surface area contributed by atoms with Crippen LogP contribution in [0.5, 0.6) is 0 Å². The largest absolute Gasteiger partial charge is 0.414 e. The van der Waals surface area contributed by atoms with Gasteiger partial charge in [0.15, 0.2) is 16.6 Å². The maximum absolute atomic E-state index is 7.21. The van der Waals surface area contributed by atoms with Crippen molar-refractivity contribution in [3.63, 3.8) is 0 Å². The van der Waals surface area contributed by atoms with E-state index >= 15 is 0 Å². The quantitative estimate of drug-likeness (QED) is 0.157. The topological polar surface area (TPSA) is 83.2 Å². The second-order valence-corrected chi connectivity index (χ2v) is 23.5. The van der Waals surface area contributed by atoms with Crippen molar-refractivity contribution in [3.8, 4) is 0 Å². The highest BCUT2D eigenvalue weighted by molar-refractivity contribution is 6.70. The van der Waals surface area contributed by atoms with E-state index in [0.717, 1.165) is 56.4 Å². The van der Waals surface area contributed by atoms with Crippen LogP contribution >= 0.6 is 0 Å². The van der Waals surface area contributed by atoms with Crippen molar-refractivity contribution in [2.45, 2.75) is 97.3 Å². The van der Waals surface area contributed by atoms with Crippen molar-refractivity contribution in [2.24, 2.45) is 50.0 Å². The van der Waals surface area contributed by atoms with E-state index in [1.54, 1.807) is 21.3 Å². The molecule has 7 atom stereocenters. The van der Waals surface area contributed by atoms with Crippen LogP contribution in [0.2, 0.25) is 39.3 Å². The predicted octanol–water partition coefficient (Wildman–Crippen LogP) is 6.86. The molecule has 0 aromatic heterocycles. The van der Waals surface area contributed by atoms with E-state index in [9.17, 15) is 0 Å². The zero-order chi connectivity index (χ0) is 29.3. The molecule has 226 valence electrons. The van der Waals surface area contributed by atoms with Crippen molar-refractivity contribution in [3.05, 3.63) is 11.6 Å². The zero-order valence-corrected chi connectivity index (χ0v) is 28.6. The number of fused-ring (bicyclic) bond motifs is 5. The fourth-order valence-corrected chi connectivity index (χ4v) is 10.3. The van der Waals surface area contributed by atoms with Crippen LogP contribution in [0.25, 0.3) is 0 Å². The molecule has 0 unspecified atom stereocenters. The maximum atomic E-state index is 7.21. The summed E-state index contributed by atoms with van der Waals surface area (Å²) in [7, 11) is 1.32. The van der Waals surface area contributed by atoms with Gasteiger partial charge in [-0.1, -0.05) is 28.0 Å². The molecular weight excluding hydrogens is 539 g/mol. The van der Waals surface area contributed by atoms with E-state index in [1.165, 1.54) is 5.57 Å². The molecular formula is C30H53N3O5Si2. The molecule has 8 nitrogen and oxygen atoms in total. The Kier molecular flexibility index (Phi) is 9.44. The van der Waals surface area contributed by atoms with E-state index in [4.69, 9.17) is 23.4 Å². The van der Waals surface area contributed by atoms with Gasteiger partial charge in [0.1, 0.15) is 21.3 Å². The smallest absolute Gasteiger partial charge is 0.184 e. The van der Waals surface area contributed by atoms with E-state index in [1.807, 2.05) is 0 Å². The summed E-state index contributed by atoms with van der Waals surface area (Å²) in [5.74, 6) is 1.65. The van der Waals surface area contributed by atoms with Crippen LogP contribution in [0.15, 0.2) is 27.1 Å². The average Bonchev–Trinajstić information content (AvgIpc) is 3.23. The van der Waals surface area contributed by atoms with Crippen LogP contribution < -0.4 is 0 Å². The van der Waals surface area contributed by atoms with Crippen molar-refractivity contribution >= 4 is 34.3 Å². The van der Waals surface area contributed by atoms with E-state index in [2.05, 4.69) is 74.0 Å². The number of nitrogens with zero attached hydrogens (tertiary/aromatic N) is 3. The fraction of sp³-hybridized carbons (Fsp3) is 0.833. The van der Waals surface area contributed by atoms with Crippen molar-refractivity contribution in [1.82, 2.24) is 0 Å². The van der Waals surface area contributed by atoms with Crippen LogP contribution in [0, 0.1) is 34.5 Å². The molecule has 0 spiro atoms. The van der Waals surface area contributed by atoms with Crippen LogP contribution in [-0.2, 0) is 23.4 Å². The van der Waals surface area contributed by atoms with Gasteiger partial charge in [-0.15, -0.1) is 0 Å². The van der Waals surface area contributed by atoms with E-state index < -0.39 is 16.6 Å². The van der Waals surface area contributed by atoms with Gasteiger partial charge >= 0.3 is 0 Å². The lowest BCUT2D eigenvalue weighted by atomic mass is 9.45. The van der Waals surface area contributed by atoms with Gasteiger partial charge in [0, 0.05) is 17.4 Å². The van der Waals surface area contributed by atoms with Crippen LogP contribution in [0.4, 0.5) is 0 Å². The van der Waals surface area contributed by atoms with Crippen LogP contribution in [-0.4, -0.2) is 68.3 Å². The Labute approximate surface area is 244 Å². The molecule has 0 aliphatic heterocycles. The minimum absolute atomic E-state index is 0.0903. The zero-order valence-electron chi connectivity index (χ0n) is 26.6. The Morgan fingerprint density at radius 1 is 0.975 bits per heavy atom. The van der Waals surface area contributed by atoms with Gasteiger partial charge in [-0.25, -0.2) is 0 Å². The molecule has 0 aromatic carbocycles. The monoisotopic (exact) mass is 591 g/mol. The molecule has 0 bridgehead atoms. The lowest BCUT2D eigenvalue weighted by Gasteiger charge is -2.61. The standard InChI is InChI=1S/C30H53N3O5Si2/c1-29-16-15-22(32-35-3)17-21(29)11-12-23-24-13-14-25(26(33-36-4)19-37-39(5,6)7)30(24,20-31-34-2)18-27(28(23)29)38-40(8,9)10/h17,20,23-25,27-28H,11-16,18-19H2,1-10H3/b31-20+,32-22-,33-26-/t23-,24-,25-,27-,28+,29-,30+/m0/s1. The molecule has 0 amide bonds. The third kappa shape index (κ3) is 6.29. The fourth-order valence-electron chi connectivity index (χ4n) is 8.58. The maximum Gasteiger partial charge on any atom is 0.184 e. The first kappa shape index (κ1) is 31.4. The number of hydrogen-bond acceptors (Lipinski definition) is 8. The molecule has 0 saturated heterocycles. The molecule has 4 aliphatic carbocycles. The lowest BCUT2D eigenvalue weighted by molar-refractivity contribution is -0.0982. The molecule has 40 heavy (non-hydrogen) atoms. The molecule has 0 heterocycles. The molecule has 4 aliphatic rings. The summed E-state index contributed by atoms with van der Waals surface area (Å²) in [4.78, 5) is 16.0. The third-order valence-electron chi connectivity index (χ3n) is 9.87. The minimum Gasteiger partial charge on any atom is -0.414 e. The minimum atomic E-state index is -1.86. The number of hydrogen-bond donors (Lipinski definition) is 0. The van der Waals surface area contributed by atoms with E-state index in [-0.39, 0.29) is 22.9 Å². The van der Waals surface area contributed by atoms with Crippen LogP contribution in [0.3, 0.4) is 0 Å². The first-order valence-electron chi connectivity index (χ1n) is 15.1. The number of allylic oxidation sites excluding steroid dienone is 2. The summed E-state index contributed by atoms with van der Waals surface area (Å²) in [6.45, 7) is 16.6. The third-order valence-corrected chi connectivity index (χ3v) is 11.9. The highest BCUT2D eigenvalue weighted by atomic mass is 28.4. The van der Waals surface area contributed by atoms with Crippen molar-refractivity contribution in [1.29, 1.82) is 0 Å². The average molecular weight is 592 g/mol. The summed E-state index contributed by atoms with van der Waals surface area (Å²) in [6.07, 6.45) is 12.0. The highest BCUT2D eigenvalue weighted by Crippen LogP contribution is 2.67. The SMILES string of the molecule is CO/N=C1\C=C2CC[C@@H]3[C@H]([C@@H](O[Si](C)(C)C)C[C@]4(/C=N/OC)[C@H](/C(CO[Si](C)(C)C)=N\OC)CC[C@@H]34)[C@@]2(C)CC1. The van der Waals surface area contributed by atoms with Crippen molar-refractivity contribution in [2.75, 3.05) is 27.9 Å². The second kappa shape index (κ2) is 12.0. The van der Waals surface area contributed by atoms with Gasteiger partial charge in [0.05, 0.1) is 24.2 Å². The lowest BCUT2D eigenvalue weighted by Crippen LogP contribution is -2.60. The molecule has 10 heteroatoms. The Morgan fingerprint density at radius 3 is 2.35 bits per heavy atom. The van der Waals surface area contributed by atoms with Gasteiger partial charge in [-0.05, 0) is 113 Å². The number of rotatable bonds is 10. The summed E-state index contributed by atoms with van der Waals surface area (Å²) in [5.41, 5.74) is 3.47. The molecule has 0 aromatic rings. The molecule has 4 rings (SSSR count). The molecule has 3 fully saturated rings. The predicted molar refractivity (Wildman–Crippen MR) is 167 cm³/mol. The Morgan fingerprint density at radius 2 is 1.73 bits per heavy atom. The normalized spacial score (nSPS) is 37.5. The Hall–Kier alpha value is -1.50. The van der Waals surface area contributed by atoms with Crippen LogP contribution in [0.1, 0.15) is 51.9 Å². The van der Waals surface area contributed by atoms with Gasteiger partial charge in [0.2, 0.25) is 0 Å². The summed E-state index contributed by atoms with van der Waals surface area (Å²) < 4.78 is 13.6. The Bertz CT molecular complexity index is 1030. The van der Waals surface area contributed by atoms with Gasteiger partial charge in [-0.3, -0.25) is 0 Å². The van der Waals surface area contributed by atoms with E-state index in [0.29, 0.717) is 24.4 Å². The highest BCUT2D eigenvalue weighted by Gasteiger charge is 2.65. The van der Waals surface area contributed by atoms with Gasteiger partial charge in [0.25, 0.3) is 0 Å².